The zero-order valence-corrected chi connectivity index (χ0v) is 24.6. The normalized spacial score (nSPS) is 11.3. The number of halogens is 1. The molecule has 14 heteroatoms. The molecule has 4 aromatic carbocycles. The minimum Gasteiger partial charge on any atom is -0.495 e. The van der Waals surface area contributed by atoms with E-state index in [1.165, 1.54) is 61.7 Å². The molecule has 11 nitrogen and oxygen atoms in total. The lowest BCUT2D eigenvalue weighted by Crippen LogP contribution is -2.42. The van der Waals surface area contributed by atoms with E-state index >= 15 is 0 Å². The van der Waals surface area contributed by atoms with E-state index in [0.717, 1.165) is 6.07 Å². The molecule has 4 N–H and O–H groups in total. The van der Waals surface area contributed by atoms with E-state index in [9.17, 15) is 26.4 Å². The van der Waals surface area contributed by atoms with Crippen LogP contribution in [0, 0.1) is 6.92 Å². The van der Waals surface area contributed by atoms with Crippen LogP contribution in [0.15, 0.2) is 101 Å². The lowest BCUT2D eigenvalue weighted by molar-refractivity contribution is 0.0846. The van der Waals surface area contributed by atoms with E-state index in [4.69, 9.17) is 16.3 Å². The van der Waals surface area contributed by atoms with Gasteiger partial charge in [-0.05, 0) is 67.1 Å². The van der Waals surface area contributed by atoms with E-state index in [1.807, 2.05) is 0 Å². The number of aryl methyl sites for hydroxylation is 1. The summed E-state index contributed by atoms with van der Waals surface area (Å²) in [6.45, 7) is 1.60. The van der Waals surface area contributed by atoms with Gasteiger partial charge in [-0.1, -0.05) is 48.0 Å². The molecule has 4 aromatic rings. The maximum atomic E-state index is 13.0. The van der Waals surface area contributed by atoms with Gasteiger partial charge in [0.1, 0.15) is 5.75 Å². The standard InChI is InChI=1S/C28H25ClN4O7S2/c1-18-14-15-21(42(38,39)33-25-12-5-6-13-26(25)40-2)17-22(18)28(35)31-30-27(34)19-8-7-9-20(16-19)41(36,37)32-24-11-4-3-10-23(24)29/h3-17,32-33H,1-2H3,(H,30,34)(H,31,35). The van der Waals surface area contributed by atoms with E-state index in [0.29, 0.717) is 11.3 Å². The Morgan fingerprint density at radius 2 is 1.29 bits per heavy atom. The third-order valence-corrected chi connectivity index (χ3v) is 8.99. The summed E-state index contributed by atoms with van der Waals surface area (Å²) in [6, 6.07) is 21.8. The van der Waals surface area contributed by atoms with Crippen LogP contribution in [0.2, 0.25) is 5.02 Å². The summed E-state index contributed by atoms with van der Waals surface area (Å²) in [5.41, 5.74) is 5.19. The number of ether oxygens (including phenoxy) is 1. The Bertz CT molecular complexity index is 1880. The van der Waals surface area contributed by atoms with Gasteiger partial charge in [0.2, 0.25) is 0 Å². The summed E-state index contributed by atoms with van der Waals surface area (Å²) in [5.74, 6) is -1.29. The highest BCUT2D eigenvalue weighted by Crippen LogP contribution is 2.27. The molecule has 0 atom stereocenters. The van der Waals surface area contributed by atoms with E-state index in [-0.39, 0.29) is 37.3 Å². The SMILES string of the molecule is COc1ccccc1NS(=O)(=O)c1ccc(C)c(C(=O)NNC(=O)c2cccc(S(=O)(=O)Nc3ccccc3Cl)c2)c1. The first-order chi connectivity index (χ1) is 19.9. The topological polar surface area (TPSA) is 160 Å². The molecule has 0 aliphatic carbocycles. The van der Waals surface area contributed by atoms with E-state index in [2.05, 4.69) is 20.3 Å². The number of carbonyl (C=O) groups excluding carboxylic acids is 2. The first kappa shape index (κ1) is 30.4. The minimum absolute atomic E-state index is 0.0153. The van der Waals surface area contributed by atoms with E-state index in [1.54, 1.807) is 37.3 Å². The van der Waals surface area contributed by atoms with Gasteiger partial charge in [-0.3, -0.25) is 29.9 Å². The van der Waals surface area contributed by atoms with Gasteiger partial charge in [0.15, 0.2) is 0 Å². The molecule has 0 aromatic heterocycles. The largest absolute Gasteiger partial charge is 0.495 e. The Labute approximate surface area is 247 Å². The molecule has 0 saturated heterocycles. The molecule has 0 aliphatic heterocycles. The summed E-state index contributed by atoms with van der Waals surface area (Å²) in [7, 11) is -6.79. The minimum atomic E-state index is -4.11. The van der Waals surface area contributed by atoms with Crippen LogP contribution in [0.4, 0.5) is 11.4 Å². The van der Waals surface area contributed by atoms with E-state index < -0.39 is 31.9 Å². The number of carbonyl (C=O) groups is 2. The average Bonchev–Trinajstić information content (AvgIpc) is 2.97. The zero-order valence-electron chi connectivity index (χ0n) is 22.2. The summed E-state index contributed by atoms with van der Waals surface area (Å²) in [4.78, 5) is 25.3. The van der Waals surface area contributed by atoms with Gasteiger partial charge in [0.25, 0.3) is 31.9 Å². The fourth-order valence-corrected chi connectivity index (χ4v) is 6.21. The Hall–Kier alpha value is -4.59. The van der Waals surface area contributed by atoms with Crippen LogP contribution in [0.25, 0.3) is 0 Å². The number of rotatable bonds is 9. The molecule has 0 aliphatic rings. The van der Waals surface area contributed by atoms with Crippen LogP contribution in [0.1, 0.15) is 26.3 Å². The molecule has 42 heavy (non-hydrogen) atoms. The molecule has 218 valence electrons. The highest BCUT2D eigenvalue weighted by molar-refractivity contribution is 7.93. The molecule has 0 fully saturated rings. The van der Waals surface area contributed by atoms with Crippen LogP contribution in [-0.2, 0) is 20.0 Å². The predicted octanol–water partition coefficient (Wildman–Crippen LogP) is 4.33. The second-order valence-corrected chi connectivity index (χ2v) is 12.6. The molecule has 0 spiro atoms. The van der Waals surface area contributed by atoms with Crippen molar-refractivity contribution >= 4 is 54.8 Å². The number of para-hydroxylation sites is 3. The third kappa shape index (κ3) is 7.00. The maximum Gasteiger partial charge on any atom is 0.270 e. The van der Waals surface area contributed by atoms with Gasteiger partial charge in [-0.15, -0.1) is 0 Å². The van der Waals surface area contributed by atoms with Crippen molar-refractivity contribution in [1.82, 2.24) is 10.9 Å². The van der Waals surface area contributed by atoms with Gasteiger partial charge in [0.05, 0.1) is 33.3 Å². The Kier molecular flexibility index (Phi) is 9.05. The van der Waals surface area contributed by atoms with Crippen LogP contribution < -0.4 is 25.0 Å². The van der Waals surface area contributed by atoms with Crippen LogP contribution in [-0.4, -0.2) is 35.8 Å². The first-order valence-corrected chi connectivity index (χ1v) is 15.5. The number of benzene rings is 4. The number of hydrogen-bond donors (Lipinski definition) is 4. The number of nitrogens with one attached hydrogen (secondary N) is 4. The molecule has 4 rings (SSSR count). The number of sulfonamides is 2. The highest BCUT2D eigenvalue weighted by atomic mass is 35.5. The van der Waals surface area contributed by atoms with Crippen molar-refractivity contribution in [3.05, 3.63) is 113 Å². The van der Waals surface area contributed by atoms with Gasteiger partial charge < -0.3 is 4.74 Å². The molecule has 0 radical (unpaired) electrons. The Morgan fingerprint density at radius 3 is 1.98 bits per heavy atom. The molecule has 0 saturated carbocycles. The van der Waals surface area contributed by atoms with Crippen molar-refractivity contribution < 1.29 is 31.2 Å². The smallest absolute Gasteiger partial charge is 0.270 e. The fourth-order valence-electron chi connectivity index (χ4n) is 3.75. The fraction of sp³-hybridized carbons (Fsp3) is 0.0714. The molecule has 0 unspecified atom stereocenters. The van der Waals surface area contributed by atoms with Gasteiger partial charge in [-0.2, -0.15) is 0 Å². The summed E-state index contributed by atoms with van der Waals surface area (Å²) in [6.07, 6.45) is 0. The zero-order chi connectivity index (χ0) is 30.5. The summed E-state index contributed by atoms with van der Waals surface area (Å²) < 4.78 is 61.7. The van der Waals surface area contributed by atoms with Crippen LogP contribution in [0.5, 0.6) is 5.75 Å². The molecule has 0 bridgehead atoms. The molecular weight excluding hydrogens is 604 g/mol. The quantitative estimate of drug-likeness (QED) is 0.201. The lowest BCUT2D eigenvalue weighted by Gasteiger charge is -2.14. The van der Waals surface area contributed by atoms with Crippen LogP contribution >= 0.6 is 11.6 Å². The first-order valence-electron chi connectivity index (χ1n) is 12.2. The summed E-state index contributed by atoms with van der Waals surface area (Å²) >= 11 is 6.04. The van der Waals surface area contributed by atoms with Gasteiger partial charge in [0, 0.05) is 11.1 Å². The van der Waals surface area contributed by atoms with Crippen molar-refractivity contribution in [3.63, 3.8) is 0 Å². The Morgan fingerprint density at radius 1 is 0.690 bits per heavy atom. The number of amides is 2. The number of hydrazine groups is 1. The third-order valence-electron chi connectivity index (χ3n) is 5.93. The molecule has 2 amide bonds. The predicted molar refractivity (Wildman–Crippen MR) is 159 cm³/mol. The van der Waals surface area contributed by atoms with Crippen molar-refractivity contribution in [2.24, 2.45) is 0 Å². The lowest BCUT2D eigenvalue weighted by atomic mass is 10.1. The van der Waals surface area contributed by atoms with Gasteiger partial charge in [-0.25, -0.2) is 16.8 Å². The molecule has 0 heterocycles. The average molecular weight is 629 g/mol. The monoisotopic (exact) mass is 628 g/mol. The number of hydrogen-bond acceptors (Lipinski definition) is 7. The second kappa shape index (κ2) is 12.5. The van der Waals surface area contributed by atoms with Crippen LogP contribution in [0.3, 0.4) is 0 Å². The highest BCUT2D eigenvalue weighted by Gasteiger charge is 2.21. The Balaban J connectivity index is 1.47. The number of anilines is 2. The summed E-state index contributed by atoms with van der Waals surface area (Å²) in [5, 5.41) is 0.195. The van der Waals surface area contributed by atoms with Gasteiger partial charge >= 0.3 is 0 Å². The molecular formula is C28H25ClN4O7S2. The van der Waals surface area contributed by atoms with Crippen molar-refractivity contribution in [2.45, 2.75) is 16.7 Å². The second-order valence-electron chi connectivity index (χ2n) is 8.80. The number of methoxy groups -OCH3 is 1. The van der Waals surface area contributed by atoms with Crippen molar-refractivity contribution in [2.75, 3.05) is 16.6 Å². The van der Waals surface area contributed by atoms with Crippen molar-refractivity contribution in [3.8, 4) is 5.75 Å². The maximum absolute atomic E-state index is 13.0. The van der Waals surface area contributed by atoms with Crippen molar-refractivity contribution in [1.29, 1.82) is 0 Å².